The summed E-state index contributed by atoms with van der Waals surface area (Å²) in [5, 5.41) is 4.54. The molecule has 0 radical (unpaired) electrons. The summed E-state index contributed by atoms with van der Waals surface area (Å²) in [4.78, 5) is 21.5. The molecular weight excluding hydrogens is 431 g/mol. The zero-order valence-electron chi connectivity index (χ0n) is 18.2. The second kappa shape index (κ2) is 9.07. The zero-order valence-corrected chi connectivity index (χ0v) is 18.2. The lowest BCUT2D eigenvalue weighted by Crippen LogP contribution is -2.17. The molecule has 0 atom stereocenters. The summed E-state index contributed by atoms with van der Waals surface area (Å²) in [6.07, 6.45) is 7.89. The van der Waals surface area contributed by atoms with Gasteiger partial charge in [0, 0.05) is 47.0 Å². The maximum Gasteiger partial charge on any atom is 0.249 e. The summed E-state index contributed by atoms with van der Waals surface area (Å²) in [6, 6.07) is 19.8. The Morgan fingerprint density at radius 1 is 0.794 bits per heavy atom. The molecule has 0 bridgehead atoms. The molecule has 166 valence electrons. The van der Waals surface area contributed by atoms with Crippen LogP contribution in [0.3, 0.4) is 0 Å². The molecule has 5 aromatic rings. The standard InChI is InChI=1S/C27H19FN4O2/c1-34-24-17-32(23-11-5-10-20(25(23)28)19-9-6-13-29-15-19)31-26(27(24)33)21-12-14-30-16-22(21)18-7-3-2-4-8-18/h2-17H,1H3. The van der Waals surface area contributed by atoms with Crippen molar-refractivity contribution in [2.24, 2.45) is 0 Å². The van der Waals surface area contributed by atoms with E-state index in [-0.39, 0.29) is 17.1 Å². The van der Waals surface area contributed by atoms with Crippen LogP contribution >= 0.6 is 0 Å². The summed E-state index contributed by atoms with van der Waals surface area (Å²) in [5.74, 6) is -0.440. The van der Waals surface area contributed by atoms with Gasteiger partial charge in [0.2, 0.25) is 5.43 Å². The lowest BCUT2D eigenvalue weighted by atomic mass is 9.99. The first kappa shape index (κ1) is 21.2. The normalized spacial score (nSPS) is 10.8. The third-order valence-corrected chi connectivity index (χ3v) is 5.46. The Balaban J connectivity index is 1.72. The molecule has 0 unspecified atom stereocenters. The Hall–Kier alpha value is -4.65. The minimum absolute atomic E-state index is 0.0482. The first-order chi connectivity index (χ1) is 16.7. The predicted molar refractivity (Wildman–Crippen MR) is 128 cm³/mol. The SMILES string of the molecule is COc1cn(-c2cccc(-c3cccnc3)c2F)nc(-c2ccncc2-c2ccccc2)c1=O. The van der Waals surface area contributed by atoms with Gasteiger partial charge in [0.15, 0.2) is 11.6 Å². The van der Waals surface area contributed by atoms with Gasteiger partial charge in [0.05, 0.1) is 13.3 Å². The second-order valence-corrected chi connectivity index (χ2v) is 7.49. The first-order valence-electron chi connectivity index (χ1n) is 10.5. The van der Waals surface area contributed by atoms with Crippen LogP contribution in [-0.4, -0.2) is 26.9 Å². The van der Waals surface area contributed by atoms with Gasteiger partial charge in [-0.15, -0.1) is 0 Å². The molecule has 0 fully saturated rings. The average Bonchev–Trinajstić information content (AvgIpc) is 2.90. The molecule has 3 aromatic heterocycles. The predicted octanol–water partition coefficient (Wildman–Crippen LogP) is 5.17. The van der Waals surface area contributed by atoms with E-state index in [1.54, 1.807) is 61.2 Å². The smallest absolute Gasteiger partial charge is 0.249 e. The van der Waals surface area contributed by atoms with Crippen molar-refractivity contribution in [1.82, 2.24) is 19.7 Å². The molecule has 7 heteroatoms. The Morgan fingerprint density at radius 2 is 1.59 bits per heavy atom. The number of benzene rings is 2. The minimum Gasteiger partial charge on any atom is -0.491 e. The summed E-state index contributed by atoms with van der Waals surface area (Å²) >= 11 is 0. The molecule has 3 heterocycles. The highest BCUT2D eigenvalue weighted by Gasteiger charge is 2.19. The molecule has 0 aliphatic heterocycles. The summed E-state index contributed by atoms with van der Waals surface area (Å²) in [7, 11) is 1.40. The lowest BCUT2D eigenvalue weighted by molar-refractivity contribution is 0.405. The van der Waals surface area contributed by atoms with Gasteiger partial charge in [-0.1, -0.05) is 48.5 Å². The van der Waals surface area contributed by atoms with Crippen LogP contribution in [-0.2, 0) is 0 Å². The highest BCUT2D eigenvalue weighted by Crippen LogP contribution is 2.31. The van der Waals surface area contributed by atoms with E-state index in [1.807, 2.05) is 30.3 Å². The van der Waals surface area contributed by atoms with Crippen molar-refractivity contribution in [2.45, 2.75) is 0 Å². The van der Waals surface area contributed by atoms with E-state index < -0.39 is 11.2 Å². The highest BCUT2D eigenvalue weighted by molar-refractivity contribution is 5.81. The van der Waals surface area contributed by atoms with Crippen molar-refractivity contribution in [3.05, 3.63) is 114 Å². The fourth-order valence-corrected chi connectivity index (χ4v) is 3.80. The molecule has 0 amide bonds. The molecule has 0 aliphatic rings. The molecule has 2 aromatic carbocycles. The Labute approximate surface area is 195 Å². The van der Waals surface area contributed by atoms with Gasteiger partial charge in [-0.05, 0) is 23.8 Å². The van der Waals surface area contributed by atoms with Crippen LogP contribution in [0.5, 0.6) is 5.75 Å². The Morgan fingerprint density at radius 3 is 2.35 bits per heavy atom. The van der Waals surface area contributed by atoms with Crippen molar-refractivity contribution < 1.29 is 9.13 Å². The number of ether oxygens (including phenoxy) is 1. The maximum atomic E-state index is 15.6. The number of methoxy groups -OCH3 is 1. The quantitative estimate of drug-likeness (QED) is 0.369. The average molecular weight is 450 g/mol. The fourth-order valence-electron chi connectivity index (χ4n) is 3.80. The topological polar surface area (TPSA) is 69.9 Å². The molecule has 0 saturated heterocycles. The highest BCUT2D eigenvalue weighted by atomic mass is 19.1. The lowest BCUT2D eigenvalue weighted by Gasteiger charge is -2.14. The number of hydrogen-bond acceptors (Lipinski definition) is 5. The molecule has 0 saturated carbocycles. The van der Waals surface area contributed by atoms with Crippen LogP contribution in [0.15, 0.2) is 103 Å². The molecule has 0 aliphatic carbocycles. The van der Waals surface area contributed by atoms with E-state index >= 15 is 4.39 Å². The molecule has 0 spiro atoms. The van der Waals surface area contributed by atoms with Gasteiger partial charge in [0.1, 0.15) is 11.4 Å². The molecule has 6 nitrogen and oxygen atoms in total. The largest absolute Gasteiger partial charge is 0.491 e. The minimum atomic E-state index is -0.488. The number of aromatic nitrogens is 4. The molecular formula is C27H19FN4O2. The van der Waals surface area contributed by atoms with E-state index in [0.717, 1.165) is 11.1 Å². The van der Waals surface area contributed by atoms with Crippen LogP contribution in [0.1, 0.15) is 0 Å². The van der Waals surface area contributed by atoms with E-state index in [0.29, 0.717) is 16.7 Å². The third kappa shape index (κ3) is 3.84. The van der Waals surface area contributed by atoms with Crippen LogP contribution in [0.2, 0.25) is 0 Å². The summed E-state index contributed by atoms with van der Waals surface area (Å²) in [5.41, 5.74) is 3.11. The third-order valence-electron chi connectivity index (χ3n) is 5.46. The number of halogens is 1. The van der Waals surface area contributed by atoms with Gasteiger partial charge in [-0.3, -0.25) is 14.8 Å². The van der Waals surface area contributed by atoms with E-state index in [9.17, 15) is 4.79 Å². The molecule has 0 N–H and O–H groups in total. The Kier molecular flexibility index (Phi) is 5.66. The number of nitrogens with zero attached hydrogens (tertiary/aromatic N) is 4. The maximum absolute atomic E-state index is 15.6. The molecule has 5 rings (SSSR count). The monoisotopic (exact) mass is 450 g/mol. The van der Waals surface area contributed by atoms with E-state index in [1.165, 1.54) is 18.0 Å². The van der Waals surface area contributed by atoms with Gasteiger partial charge >= 0.3 is 0 Å². The van der Waals surface area contributed by atoms with Crippen LogP contribution in [0.4, 0.5) is 4.39 Å². The number of rotatable bonds is 5. The van der Waals surface area contributed by atoms with Crippen LogP contribution in [0, 0.1) is 5.82 Å². The van der Waals surface area contributed by atoms with Crippen molar-refractivity contribution in [3.63, 3.8) is 0 Å². The van der Waals surface area contributed by atoms with Gasteiger partial charge in [-0.2, -0.15) is 5.10 Å². The van der Waals surface area contributed by atoms with Crippen molar-refractivity contribution in [3.8, 4) is 44.9 Å². The fraction of sp³-hybridized carbons (Fsp3) is 0.0370. The van der Waals surface area contributed by atoms with Crippen molar-refractivity contribution >= 4 is 0 Å². The zero-order chi connectivity index (χ0) is 23.5. The summed E-state index contributed by atoms with van der Waals surface area (Å²) < 4.78 is 22.3. The second-order valence-electron chi connectivity index (χ2n) is 7.49. The number of pyridine rings is 2. The summed E-state index contributed by atoms with van der Waals surface area (Å²) in [6.45, 7) is 0. The number of hydrogen-bond donors (Lipinski definition) is 0. The van der Waals surface area contributed by atoms with E-state index in [4.69, 9.17) is 4.74 Å². The van der Waals surface area contributed by atoms with Gasteiger partial charge < -0.3 is 4.74 Å². The van der Waals surface area contributed by atoms with Crippen LogP contribution in [0.25, 0.3) is 39.2 Å². The Bertz CT molecular complexity index is 1520. The first-order valence-corrected chi connectivity index (χ1v) is 10.5. The van der Waals surface area contributed by atoms with E-state index in [2.05, 4.69) is 15.1 Å². The van der Waals surface area contributed by atoms with Crippen LogP contribution < -0.4 is 10.2 Å². The van der Waals surface area contributed by atoms with Crippen molar-refractivity contribution in [2.75, 3.05) is 7.11 Å². The van der Waals surface area contributed by atoms with Crippen molar-refractivity contribution in [1.29, 1.82) is 0 Å². The molecule has 34 heavy (non-hydrogen) atoms. The van der Waals surface area contributed by atoms with Gasteiger partial charge in [-0.25, -0.2) is 9.07 Å². The van der Waals surface area contributed by atoms with Gasteiger partial charge in [0.25, 0.3) is 0 Å².